The maximum absolute atomic E-state index is 13.2. The quantitative estimate of drug-likeness (QED) is 0.802. The van der Waals surface area contributed by atoms with Gasteiger partial charge in [0.1, 0.15) is 5.82 Å². The maximum Gasteiger partial charge on any atom is 0.123 e. The van der Waals surface area contributed by atoms with Crippen LogP contribution in [0.2, 0.25) is 0 Å². The van der Waals surface area contributed by atoms with E-state index >= 15 is 0 Å². The van der Waals surface area contributed by atoms with E-state index in [2.05, 4.69) is 52.4 Å². The third-order valence-electron chi connectivity index (χ3n) is 4.31. The Labute approximate surface area is 133 Å². The average molecular weight is 348 g/mol. The summed E-state index contributed by atoms with van der Waals surface area (Å²) in [5, 5.41) is 3.66. The number of benzene rings is 2. The molecule has 0 aliphatic heterocycles. The number of rotatable bonds is 4. The molecule has 1 aliphatic rings. The van der Waals surface area contributed by atoms with Crippen LogP contribution < -0.4 is 5.32 Å². The summed E-state index contributed by atoms with van der Waals surface area (Å²) < 4.78 is 14.3. The van der Waals surface area contributed by atoms with Crippen molar-refractivity contribution in [2.24, 2.45) is 0 Å². The molecule has 3 heteroatoms. The van der Waals surface area contributed by atoms with Crippen LogP contribution >= 0.6 is 15.9 Å². The first-order valence-electron chi connectivity index (χ1n) is 7.39. The zero-order valence-corrected chi connectivity index (χ0v) is 13.6. The molecule has 0 amide bonds. The monoisotopic (exact) mass is 347 g/mol. The molecule has 1 saturated carbocycles. The zero-order valence-electron chi connectivity index (χ0n) is 12.0. The van der Waals surface area contributed by atoms with Crippen molar-refractivity contribution in [1.82, 2.24) is 5.32 Å². The van der Waals surface area contributed by atoms with Gasteiger partial charge in [0.2, 0.25) is 0 Å². The Morgan fingerprint density at radius 3 is 2.52 bits per heavy atom. The molecule has 1 aliphatic carbocycles. The first-order valence-corrected chi connectivity index (χ1v) is 8.18. The van der Waals surface area contributed by atoms with E-state index in [1.165, 1.54) is 11.6 Å². The predicted molar refractivity (Wildman–Crippen MR) is 87.9 cm³/mol. The normalized spacial score (nSPS) is 22.6. The van der Waals surface area contributed by atoms with Crippen molar-refractivity contribution in [2.45, 2.75) is 37.8 Å². The van der Waals surface area contributed by atoms with Gasteiger partial charge in [0.15, 0.2) is 0 Å². The lowest BCUT2D eigenvalue weighted by atomic mass is 9.75. The van der Waals surface area contributed by atoms with Gasteiger partial charge < -0.3 is 5.32 Å². The summed E-state index contributed by atoms with van der Waals surface area (Å²) in [6.45, 7) is 2.19. The van der Waals surface area contributed by atoms with Crippen LogP contribution in [0, 0.1) is 5.82 Å². The lowest BCUT2D eigenvalue weighted by Crippen LogP contribution is -2.41. The van der Waals surface area contributed by atoms with Gasteiger partial charge in [0.05, 0.1) is 0 Å². The van der Waals surface area contributed by atoms with Crippen LogP contribution in [0.25, 0.3) is 0 Å². The smallest absolute Gasteiger partial charge is 0.123 e. The summed E-state index contributed by atoms with van der Waals surface area (Å²) in [6, 6.07) is 16.3. The second kappa shape index (κ2) is 6.29. The predicted octanol–water partition coefficient (Wildman–Crippen LogP) is 5.19. The van der Waals surface area contributed by atoms with Crippen LogP contribution in [0.15, 0.2) is 53.0 Å². The molecule has 0 aromatic heterocycles. The second-order valence-corrected chi connectivity index (χ2v) is 6.78. The van der Waals surface area contributed by atoms with Crippen LogP contribution in [0.4, 0.5) is 4.39 Å². The van der Waals surface area contributed by atoms with E-state index < -0.39 is 0 Å². The standard InChI is InChI=1S/C18H19BrFN/c1-12(13-5-7-16(19)8-6-13)21-18-10-15(11-18)14-3-2-4-17(20)9-14/h2-9,12,15,18,21H,10-11H2,1H3/t12-,15?,18?/m1/s1. The zero-order chi connectivity index (χ0) is 14.8. The van der Waals surface area contributed by atoms with Gasteiger partial charge in [-0.15, -0.1) is 0 Å². The van der Waals surface area contributed by atoms with E-state index in [9.17, 15) is 4.39 Å². The molecule has 3 rings (SSSR count). The van der Waals surface area contributed by atoms with Gasteiger partial charge in [-0.1, -0.05) is 40.2 Å². The Morgan fingerprint density at radius 1 is 1.14 bits per heavy atom. The van der Waals surface area contributed by atoms with Crippen LogP contribution in [-0.4, -0.2) is 6.04 Å². The van der Waals surface area contributed by atoms with Gasteiger partial charge in [-0.3, -0.25) is 0 Å². The number of halogens is 2. The highest BCUT2D eigenvalue weighted by molar-refractivity contribution is 9.10. The van der Waals surface area contributed by atoms with Gasteiger partial charge in [-0.25, -0.2) is 4.39 Å². The van der Waals surface area contributed by atoms with Crippen molar-refractivity contribution in [2.75, 3.05) is 0 Å². The van der Waals surface area contributed by atoms with E-state index in [1.807, 2.05) is 6.07 Å². The minimum absolute atomic E-state index is 0.132. The van der Waals surface area contributed by atoms with E-state index in [4.69, 9.17) is 0 Å². The van der Waals surface area contributed by atoms with Gasteiger partial charge in [0, 0.05) is 16.6 Å². The Hall–Kier alpha value is -1.19. The summed E-state index contributed by atoms with van der Waals surface area (Å²) in [4.78, 5) is 0. The molecule has 0 heterocycles. The number of nitrogens with one attached hydrogen (secondary N) is 1. The molecule has 0 radical (unpaired) electrons. The first-order chi connectivity index (χ1) is 10.1. The third kappa shape index (κ3) is 3.53. The molecular formula is C18H19BrFN. The van der Waals surface area contributed by atoms with Crippen molar-refractivity contribution in [1.29, 1.82) is 0 Å². The number of hydrogen-bond donors (Lipinski definition) is 1. The summed E-state index contributed by atoms with van der Waals surface area (Å²) in [5.74, 6) is 0.363. The molecule has 0 bridgehead atoms. The summed E-state index contributed by atoms with van der Waals surface area (Å²) in [5.41, 5.74) is 2.43. The largest absolute Gasteiger partial charge is 0.307 e. The molecule has 1 nitrogen and oxygen atoms in total. The first kappa shape index (κ1) is 14.7. The SMILES string of the molecule is C[C@@H](NC1CC(c2cccc(F)c2)C1)c1ccc(Br)cc1. The fourth-order valence-electron chi connectivity index (χ4n) is 2.99. The highest BCUT2D eigenvalue weighted by Crippen LogP contribution is 2.38. The summed E-state index contributed by atoms with van der Waals surface area (Å²) in [6.07, 6.45) is 2.18. The highest BCUT2D eigenvalue weighted by atomic mass is 79.9. The summed E-state index contributed by atoms with van der Waals surface area (Å²) in [7, 11) is 0. The molecule has 1 atom stereocenters. The van der Waals surface area contributed by atoms with Crippen molar-refractivity contribution in [3.05, 3.63) is 69.9 Å². The lowest BCUT2D eigenvalue weighted by molar-refractivity contribution is 0.270. The fourth-order valence-corrected chi connectivity index (χ4v) is 3.25. The minimum atomic E-state index is -0.132. The Kier molecular flexibility index (Phi) is 4.41. The lowest BCUT2D eigenvalue weighted by Gasteiger charge is -2.38. The maximum atomic E-state index is 13.2. The summed E-state index contributed by atoms with van der Waals surface area (Å²) >= 11 is 3.46. The van der Waals surface area contributed by atoms with Crippen molar-refractivity contribution in [3.63, 3.8) is 0 Å². The molecule has 0 spiro atoms. The molecule has 110 valence electrons. The third-order valence-corrected chi connectivity index (χ3v) is 4.84. The minimum Gasteiger partial charge on any atom is -0.307 e. The molecule has 0 unspecified atom stereocenters. The van der Waals surface area contributed by atoms with E-state index in [0.29, 0.717) is 18.0 Å². The molecule has 2 aromatic rings. The van der Waals surface area contributed by atoms with E-state index in [0.717, 1.165) is 22.9 Å². The molecule has 1 fully saturated rings. The van der Waals surface area contributed by atoms with Crippen molar-refractivity contribution >= 4 is 15.9 Å². The second-order valence-electron chi connectivity index (χ2n) is 5.86. The molecular weight excluding hydrogens is 329 g/mol. The van der Waals surface area contributed by atoms with Crippen LogP contribution in [0.1, 0.15) is 42.9 Å². The van der Waals surface area contributed by atoms with Gasteiger partial charge in [-0.05, 0) is 61.1 Å². The Bertz CT molecular complexity index is 605. The topological polar surface area (TPSA) is 12.0 Å². The van der Waals surface area contributed by atoms with Crippen molar-refractivity contribution < 1.29 is 4.39 Å². The highest BCUT2D eigenvalue weighted by Gasteiger charge is 2.31. The van der Waals surface area contributed by atoms with Crippen LogP contribution in [0.3, 0.4) is 0 Å². The molecule has 2 aromatic carbocycles. The van der Waals surface area contributed by atoms with Crippen LogP contribution in [-0.2, 0) is 0 Å². The van der Waals surface area contributed by atoms with Gasteiger partial charge >= 0.3 is 0 Å². The van der Waals surface area contributed by atoms with E-state index in [-0.39, 0.29) is 5.82 Å². The van der Waals surface area contributed by atoms with Crippen LogP contribution in [0.5, 0.6) is 0 Å². The van der Waals surface area contributed by atoms with Crippen molar-refractivity contribution in [3.8, 4) is 0 Å². The molecule has 21 heavy (non-hydrogen) atoms. The molecule has 1 N–H and O–H groups in total. The number of hydrogen-bond acceptors (Lipinski definition) is 1. The Balaban J connectivity index is 1.54. The van der Waals surface area contributed by atoms with Gasteiger partial charge in [-0.2, -0.15) is 0 Å². The average Bonchev–Trinajstić information content (AvgIpc) is 2.43. The molecule has 0 saturated heterocycles. The fraction of sp³-hybridized carbons (Fsp3) is 0.333. The van der Waals surface area contributed by atoms with E-state index in [1.54, 1.807) is 12.1 Å². The Morgan fingerprint density at radius 2 is 1.86 bits per heavy atom. The van der Waals surface area contributed by atoms with Gasteiger partial charge in [0.25, 0.3) is 0 Å².